The van der Waals surface area contributed by atoms with Crippen molar-refractivity contribution in [2.75, 3.05) is 11.4 Å². The van der Waals surface area contributed by atoms with Crippen LogP contribution in [0.15, 0.2) is 54.7 Å². The third-order valence-corrected chi connectivity index (χ3v) is 4.24. The molecule has 0 unspecified atom stereocenters. The molecule has 0 saturated carbocycles. The monoisotopic (exact) mass is 368 g/mol. The number of hydrogen-bond acceptors (Lipinski definition) is 5. The first-order valence-corrected chi connectivity index (χ1v) is 8.49. The van der Waals surface area contributed by atoms with Crippen molar-refractivity contribution in [1.82, 2.24) is 15.4 Å². The number of hydrogen-bond donors (Lipinski definition) is 1. The molecule has 0 radical (unpaired) electrons. The van der Waals surface area contributed by atoms with Crippen molar-refractivity contribution in [2.24, 2.45) is 0 Å². The summed E-state index contributed by atoms with van der Waals surface area (Å²) in [6.45, 7) is 0.581. The molecule has 1 saturated heterocycles. The van der Waals surface area contributed by atoms with E-state index in [0.717, 1.165) is 5.56 Å². The van der Waals surface area contributed by atoms with Gasteiger partial charge in [0.1, 0.15) is 12.7 Å². The number of ether oxygens (including phenoxy) is 2. The van der Waals surface area contributed by atoms with Crippen LogP contribution in [0.1, 0.15) is 11.3 Å². The Balaban J connectivity index is 1.41. The van der Waals surface area contributed by atoms with E-state index >= 15 is 0 Å². The van der Waals surface area contributed by atoms with Crippen molar-refractivity contribution < 1.29 is 18.7 Å². The maximum atomic E-state index is 14.4. The fourth-order valence-electron chi connectivity index (χ4n) is 2.91. The standard InChI is InChI=1S/C19H17FN4O3/c20-17-9-15(6-7-18(17)26-12-13-4-2-1-3-5-13)24-11-16(27-19(24)25)8-14-10-21-23-22-14/h1-7,9-10,16H,8,11-12H2,(H,21,22,23)/t16-/m0/s1. The summed E-state index contributed by atoms with van der Waals surface area (Å²) in [6, 6.07) is 13.9. The van der Waals surface area contributed by atoms with Gasteiger partial charge in [0.25, 0.3) is 0 Å². The van der Waals surface area contributed by atoms with Crippen LogP contribution in [-0.2, 0) is 17.8 Å². The third kappa shape index (κ3) is 3.89. The zero-order valence-corrected chi connectivity index (χ0v) is 14.3. The molecule has 0 aliphatic carbocycles. The quantitative estimate of drug-likeness (QED) is 0.723. The van der Waals surface area contributed by atoms with E-state index in [1.54, 1.807) is 12.3 Å². The molecule has 1 aliphatic rings. The Kier molecular flexibility index (Phi) is 4.69. The van der Waals surface area contributed by atoms with Crippen molar-refractivity contribution >= 4 is 11.8 Å². The summed E-state index contributed by atoms with van der Waals surface area (Å²) in [4.78, 5) is 13.5. The molecular weight excluding hydrogens is 351 g/mol. The predicted molar refractivity (Wildman–Crippen MR) is 94.9 cm³/mol. The number of aromatic amines is 1. The van der Waals surface area contributed by atoms with Crippen LogP contribution in [0.25, 0.3) is 0 Å². The average Bonchev–Trinajstić information content (AvgIpc) is 3.31. The molecule has 1 fully saturated rings. The number of H-pyrrole nitrogens is 1. The molecule has 7 nitrogen and oxygen atoms in total. The number of halogens is 1. The lowest BCUT2D eigenvalue weighted by Crippen LogP contribution is -2.25. The summed E-state index contributed by atoms with van der Waals surface area (Å²) in [5, 5.41) is 10.1. The van der Waals surface area contributed by atoms with Crippen LogP contribution in [0.3, 0.4) is 0 Å². The van der Waals surface area contributed by atoms with Crippen molar-refractivity contribution in [3.63, 3.8) is 0 Å². The Labute approximate surface area is 154 Å². The third-order valence-electron chi connectivity index (χ3n) is 4.24. The van der Waals surface area contributed by atoms with Gasteiger partial charge >= 0.3 is 6.09 Å². The van der Waals surface area contributed by atoms with E-state index < -0.39 is 11.9 Å². The highest BCUT2D eigenvalue weighted by molar-refractivity contribution is 5.89. The Bertz CT molecular complexity index is 918. The smallest absolute Gasteiger partial charge is 0.414 e. The van der Waals surface area contributed by atoms with E-state index in [2.05, 4.69) is 15.4 Å². The molecule has 1 atom stereocenters. The summed E-state index contributed by atoms with van der Waals surface area (Å²) >= 11 is 0. The van der Waals surface area contributed by atoms with Gasteiger partial charge in [-0.25, -0.2) is 9.18 Å². The highest BCUT2D eigenvalue weighted by Crippen LogP contribution is 2.28. The predicted octanol–water partition coefficient (Wildman–Crippen LogP) is 3.09. The number of benzene rings is 2. The summed E-state index contributed by atoms with van der Waals surface area (Å²) in [5.41, 5.74) is 2.07. The number of carbonyl (C=O) groups is 1. The van der Waals surface area contributed by atoms with Crippen LogP contribution in [0.4, 0.5) is 14.9 Å². The molecule has 8 heteroatoms. The number of anilines is 1. The summed E-state index contributed by atoms with van der Waals surface area (Å²) in [7, 11) is 0. The molecule has 1 aliphatic heterocycles. The molecule has 4 rings (SSSR count). The number of rotatable bonds is 6. The average molecular weight is 368 g/mol. The van der Waals surface area contributed by atoms with E-state index in [0.29, 0.717) is 24.3 Å². The first-order valence-electron chi connectivity index (χ1n) is 8.49. The van der Waals surface area contributed by atoms with Crippen LogP contribution < -0.4 is 9.64 Å². The Morgan fingerprint density at radius 2 is 2.11 bits per heavy atom. The van der Waals surface area contributed by atoms with Gasteiger partial charge in [-0.05, 0) is 17.7 Å². The second-order valence-electron chi connectivity index (χ2n) is 6.17. The van der Waals surface area contributed by atoms with Crippen LogP contribution in [0, 0.1) is 5.82 Å². The second kappa shape index (κ2) is 7.45. The maximum absolute atomic E-state index is 14.4. The molecule has 0 spiro atoms. The minimum atomic E-state index is -0.531. The van der Waals surface area contributed by atoms with Gasteiger partial charge < -0.3 is 9.47 Å². The fourth-order valence-corrected chi connectivity index (χ4v) is 2.91. The van der Waals surface area contributed by atoms with E-state index in [4.69, 9.17) is 9.47 Å². The molecule has 138 valence electrons. The molecule has 1 N–H and O–H groups in total. The molecule has 0 bridgehead atoms. The second-order valence-corrected chi connectivity index (χ2v) is 6.17. The van der Waals surface area contributed by atoms with Gasteiger partial charge in [0.2, 0.25) is 0 Å². The number of cyclic esters (lactones) is 1. The molecule has 27 heavy (non-hydrogen) atoms. The van der Waals surface area contributed by atoms with Gasteiger partial charge in [-0.1, -0.05) is 35.5 Å². The van der Waals surface area contributed by atoms with Gasteiger partial charge in [0, 0.05) is 18.7 Å². The van der Waals surface area contributed by atoms with Gasteiger partial charge in [-0.15, -0.1) is 5.10 Å². The Morgan fingerprint density at radius 1 is 1.26 bits per heavy atom. The molecule has 2 heterocycles. The van der Waals surface area contributed by atoms with E-state index in [-0.39, 0.29) is 18.5 Å². The van der Waals surface area contributed by atoms with Crippen molar-refractivity contribution in [1.29, 1.82) is 0 Å². The van der Waals surface area contributed by atoms with Gasteiger partial charge in [-0.2, -0.15) is 0 Å². The molecular formula is C19H17FN4O3. The van der Waals surface area contributed by atoms with Crippen molar-refractivity contribution in [3.05, 3.63) is 71.8 Å². The number of aromatic nitrogens is 3. The zero-order valence-electron chi connectivity index (χ0n) is 14.3. The molecule has 2 aromatic carbocycles. The van der Waals surface area contributed by atoms with Crippen LogP contribution >= 0.6 is 0 Å². The lowest BCUT2D eigenvalue weighted by atomic mass is 10.2. The summed E-state index contributed by atoms with van der Waals surface area (Å²) < 4.78 is 25.3. The summed E-state index contributed by atoms with van der Waals surface area (Å²) in [6.07, 6.45) is 1.22. The minimum absolute atomic E-state index is 0.134. The minimum Gasteiger partial charge on any atom is -0.486 e. The normalized spacial score (nSPS) is 16.4. The molecule has 1 amide bonds. The number of carbonyl (C=O) groups excluding carboxylic acids is 1. The van der Waals surface area contributed by atoms with Gasteiger partial charge in [-0.3, -0.25) is 10.00 Å². The number of nitrogens with zero attached hydrogens (tertiary/aromatic N) is 3. The lowest BCUT2D eigenvalue weighted by molar-refractivity contribution is 0.141. The van der Waals surface area contributed by atoms with Gasteiger partial charge in [0.05, 0.1) is 17.9 Å². The Hall–Kier alpha value is -3.42. The topological polar surface area (TPSA) is 80.3 Å². The van der Waals surface area contributed by atoms with E-state index in [9.17, 15) is 9.18 Å². The highest BCUT2D eigenvalue weighted by atomic mass is 19.1. The largest absolute Gasteiger partial charge is 0.486 e. The maximum Gasteiger partial charge on any atom is 0.414 e. The van der Waals surface area contributed by atoms with Gasteiger partial charge in [0.15, 0.2) is 11.6 Å². The number of nitrogens with one attached hydrogen (secondary N) is 1. The Morgan fingerprint density at radius 3 is 2.85 bits per heavy atom. The molecule has 1 aromatic heterocycles. The highest BCUT2D eigenvalue weighted by Gasteiger charge is 2.33. The van der Waals surface area contributed by atoms with Crippen molar-refractivity contribution in [3.8, 4) is 5.75 Å². The lowest BCUT2D eigenvalue weighted by Gasteiger charge is -2.14. The summed E-state index contributed by atoms with van der Waals surface area (Å²) in [5.74, 6) is -0.398. The van der Waals surface area contributed by atoms with Crippen LogP contribution in [0.5, 0.6) is 5.75 Å². The zero-order chi connectivity index (χ0) is 18.6. The first-order chi connectivity index (χ1) is 13.2. The molecule has 3 aromatic rings. The first kappa shape index (κ1) is 17.0. The van der Waals surface area contributed by atoms with Crippen LogP contribution in [-0.4, -0.2) is 34.2 Å². The van der Waals surface area contributed by atoms with E-state index in [1.165, 1.54) is 17.0 Å². The SMILES string of the molecule is O=C1O[C@@H](Cc2c[nH]nn2)CN1c1ccc(OCc2ccccc2)c(F)c1. The van der Waals surface area contributed by atoms with Crippen molar-refractivity contribution in [2.45, 2.75) is 19.1 Å². The van der Waals surface area contributed by atoms with E-state index in [1.807, 2.05) is 30.3 Å². The number of amides is 1. The fraction of sp³-hybridized carbons (Fsp3) is 0.211. The van der Waals surface area contributed by atoms with Crippen LogP contribution in [0.2, 0.25) is 0 Å².